The molecule has 1 unspecified atom stereocenters. The molecule has 0 saturated carbocycles. The molecular weight excluding hydrogens is 384 g/mol. The highest BCUT2D eigenvalue weighted by atomic mass is 16.5. The van der Waals surface area contributed by atoms with Gasteiger partial charge in [-0.3, -0.25) is 14.6 Å². The summed E-state index contributed by atoms with van der Waals surface area (Å²) in [6, 6.07) is 14.6. The SMILES string of the molecule is CCOc1cccc(/C(O)=C2/C(=O)C(=O)N(Cc3ccccn3)C2c2ccco2)c1. The molecule has 1 atom stereocenters. The summed E-state index contributed by atoms with van der Waals surface area (Å²) < 4.78 is 11.0. The maximum atomic E-state index is 12.9. The van der Waals surface area contributed by atoms with Gasteiger partial charge in [0.25, 0.3) is 11.7 Å². The standard InChI is InChI=1S/C23H20N2O5/c1-2-29-17-9-5-7-15(13-17)21(26)19-20(18-10-6-12-30-18)25(23(28)22(19)27)14-16-8-3-4-11-24-16/h3-13,20,26H,2,14H2,1H3/b21-19-. The van der Waals surface area contributed by atoms with E-state index in [2.05, 4.69) is 4.98 Å². The number of furan rings is 1. The highest BCUT2D eigenvalue weighted by Crippen LogP contribution is 2.40. The number of nitrogens with zero attached hydrogens (tertiary/aromatic N) is 2. The van der Waals surface area contributed by atoms with E-state index >= 15 is 0 Å². The van der Waals surface area contributed by atoms with Gasteiger partial charge in [0.1, 0.15) is 23.3 Å². The number of Topliss-reactive ketones (excluding diaryl/α,β-unsaturated/α-hetero) is 1. The van der Waals surface area contributed by atoms with E-state index in [4.69, 9.17) is 9.15 Å². The number of aliphatic hydroxyl groups is 1. The molecular formula is C23H20N2O5. The molecule has 2 aromatic heterocycles. The van der Waals surface area contributed by atoms with E-state index in [-0.39, 0.29) is 17.9 Å². The van der Waals surface area contributed by atoms with Crippen molar-refractivity contribution in [1.82, 2.24) is 9.88 Å². The zero-order valence-electron chi connectivity index (χ0n) is 16.3. The third-order valence-corrected chi connectivity index (χ3v) is 4.83. The molecule has 3 aromatic rings. The van der Waals surface area contributed by atoms with Crippen molar-refractivity contribution in [2.24, 2.45) is 0 Å². The van der Waals surface area contributed by atoms with Crippen molar-refractivity contribution in [2.45, 2.75) is 19.5 Å². The quantitative estimate of drug-likeness (QED) is 0.383. The first-order chi connectivity index (χ1) is 14.6. The molecule has 1 aliphatic heterocycles. The summed E-state index contributed by atoms with van der Waals surface area (Å²) >= 11 is 0. The Labute approximate surface area is 173 Å². The van der Waals surface area contributed by atoms with Gasteiger partial charge in [-0.2, -0.15) is 0 Å². The number of pyridine rings is 1. The van der Waals surface area contributed by atoms with Crippen LogP contribution in [0.25, 0.3) is 5.76 Å². The van der Waals surface area contributed by atoms with Crippen LogP contribution < -0.4 is 4.74 Å². The number of amides is 1. The van der Waals surface area contributed by atoms with E-state index in [0.717, 1.165) is 0 Å². The normalized spacial score (nSPS) is 18.0. The monoisotopic (exact) mass is 404 g/mol. The van der Waals surface area contributed by atoms with Crippen LogP contribution in [0.3, 0.4) is 0 Å². The molecule has 3 heterocycles. The van der Waals surface area contributed by atoms with Gasteiger partial charge in [0.15, 0.2) is 0 Å². The molecule has 1 fully saturated rings. The van der Waals surface area contributed by atoms with E-state index in [1.807, 2.05) is 6.92 Å². The van der Waals surface area contributed by atoms with Crippen LogP contribution in [0.4, 0.5) is 0 Å². The Balaban J connectivity index is 1.81. The Hall–Kier alpha value is -3.87. The van der Waals surface area contributed by atoms with E-state index < -0.39 is 17.7 Å². The molecule has 1 aliphatic rings. The number of aromatic nitrogens is 1. The second kappa shape index (κ2) is 8.24. The van der Waals surface area contributed by atoms with Crippen LogP contribution in [-0.2, 0) is 16.1 Å². The number of ether oxygens (including phenoxy) is 1. The summed E-state index contributed by atoms with van der Waals surface area (Å²) in [6.07, 6.45) is 3.08. The minimum atomic E-state index is -0.863. The van der Waals surface area contributed by atoms with Crippen LogP contribution in [0, 0.1) is 0 Å². The molecule has 7 nitrogen and oxygen atoms in total. The van der Waals surface area contributed by atoms with Gasteiger partial charge in [0.2, 0.25) is 0 Å². The predicted molar refractivity (Wildman–Crippen MR) is 108 cm³/mol. The summed E-state index contributed by atoms with van der Waals surface area (Å²) in [4.78, 5) is 31.4. The second-order valence-corrected chi connectivity index (χ2v) is 6.72. The van der Waals surface area contributed by atoms with Gasteiger partial charge >= 0.3 is 0 Å². The van der Waals surface area contributed by atoms with Gasteiger partial charge in [0.05, 0.1) is 30.7 Å². The summed E-state index contributed by atoms with van der Waals surface area (Å²) in [5, 5.41) is 11.0. The Kier molecular flexibility index (Phi) is 5.34. The largest absolute Gasteiger partial charge is 0.507 e. The topological polar surface area (TPSA) is 92.9 Å². The van der Waals surface area contributed by atoms with Gasteiger partial charge in [-0.15, -0.1) is 0 Å². The molecule has 0 aliphatic carbocycles. The number of rotatable bonds is 6. The Morgan fingerprint density at radius 1 is 1.17 bits per heavy atom. The van der Waals surface area contributed by atoms with Crippen LogP contribution in [0.5, 0.6) is 5.75 Å². The molecule has 7 heteroatoms. The van der Waals surface area contributed by atoms with Crippen molar-refractivity contribution in [3.05, 3.63) is 89.6 Å². The molecule has 152 valence electrons. The summed E-state index contributed by atoms with van der Waals surface area (Å²) in [5.74, 6) is -0.831. The fraction of sp³-hybridized carbons (Fsp3) is 0.174. The third kappa shape index (κ3) is 3.57. The third-order valence-electron chi connectivity index (χ3n) is 4.83. The van der Waals surface area contributed by atoms with Gasteiger partial charge in [-0.05, 0) is 43.3 Å². The van der Waals surface area contributed by atoms with E-state index in [0.29, 0.717) is 29.4 Å². The Bertz CT molecular complexity index is 1090. The fourth-order valence-electron chi connectivity index (χ4n) is 3.51. The lowest BCUT2D eigenvalue weighted by Gasteiger charge is -2.22. The Morgan fingerprint density at radius 2 is 2.03 bits per heavy atom. The van der Waals surface area contributed by atoms with Crippen molar-refractivity contribution in [1.29, 1.82) is 0 Å². The van der Waals surface area contributed by atoms with Crippen molar-refractivity contribution >= 4 is 17.4 Å². The van der Waals surface area contributed by atoms with Crippen molar-refractivity contribution < 1.29 is 23.8 Å². The number of ketones is 1. The van der Waals surface area contributed by atoms with E-state index in [9.17, 15) is 14.7 Å². The molecule has 0 spiro atoms. The van der Waals surface area contributed by atoms with Crippen LogP contribution in [0.15, 0.2) is 77.0 Å². The highest BCUT2D eigenvalue weighted by Gasteiger charge is 2.47. The first-order valence-electron chi connectivity index (χ1n) is 9.55. The lowest BCUT2D eigenvalue weighted by Crippen LogP contribution is -2.29. The number of carbonyl (C=O) groups is 2. The zero-order chi connectivity index (χ0) is 21.1. The zero-order valence-corrected chi connectivity index (χ0v) is 16.3. The average Bonchev–Trinajstić information content (AvgIpc) is 3.37. The molecule has 0 bridgehead atoms. The molecule has 1 amide bonds. The molecule has 1 aromatic carbocycles. The Morgan fingerprint density at radius 3 is 2.73 bits per heavy atom. The maximum Gasteiger partial charge on any atom is 0.296 e. The fourth-order valence-corrected chi connectivity index (χ4v) is 3.51. The number of carbonyl (C=O) groups excluding carboxylic acids is 2. The summed E-state index contributed by atoms with van der Waals surface area (Å²) in [6.45, 7) is 2.42. The minimum absolute atomic E-state index is 0.0282. The van der Waals surface area contributed by atoms with Crippen LogP contribution >= 0.6 is 0 Å². The molecule has 0 radical (unpaired) electrons. The summed E-state index contributed by atoms with van der Waals surface area (Å²) in [7, 11) is 0. The smallest absolute Gasteiger partial charge is 0.296 e. The highest BCUT2D eigenvalue weighted by molar-refractivity contribution is 6.46. The van der Waals surface area contributed by atoms with E-state index in [1.165, 1.54) is 11.2 Å². The maximum absolute atomic E-state index is 12.9. The lowest BCUT2D eigenvalue weighted by atomic mass is 9.99. The van der Waals surface area contributed by atoms with Crippen molar-refractivity contribution in [2.75, 3.05) is 6.61 Å². The molecule has 4 rings (SSSR count). The van der Waals surface area contributed by atoms with E-state index in [1.54, 1.807) is 60.8 Å². The van der Waals surface area contributed by atoms with Gasteiger partial charge < -0.3 is 19.2 Å². The first-order valence-corrected chi connectivity index (χ1v) is 9.55. The van der Waals surface area contributed by atoms with Crippen LogP contribution in [0.2, 0.25) is 0 Å². The van der Waals surface area contributed by atoms with Gasteiger partial charge in [-0.25, -0.2) is 0 Å². The van der Waals surface area contributed by atoms with Gasteiger partial charge in [0, 0.05) is 11.8 Å². The second-order valence-electron chi connectivity index (χ2n) is 6.72. The predicted octanol–water partition coefficient (Wildman–Crippen LogP) is 3.70. The van der Waals surface area contributed by atoms with Crippen molar-refractivity contribution in [3.63, 3.8) is 0 Å². The summed E-state index contributed by atoms with van der Waals surface area (Å²) in [5.41, 5.74) is 0.974. The molecule has 1 N–H and O–H groups in total. The number of aliphatic hydroxyl groups excluding tert-OH is 1. The number of hydrogen-bond acceptors (Lipinski definition) is 6. The molecule has 30 heavy (non-hydrogen) atoms. The first kappa shape index (κ1) is 19.4. The number of hydrogen-bond donors (Lipinski definition) is 1. The van der Waals surface area contributed by atoms with Crippen LogP contribution in [0.1, 0.15) is 30.0 Å². The van der Waals surface area contributed by atoms with Crippen LogP contribution in [-0.4, -0.2) is 33.3 Å². The number of benzene rings is 1. The van der Waals surface area contributed by atoms with Crippen molar-refractivity contribution in [3.8, 4) is 5.75 Å². The molecule has 1 saturated heterocycles. The lowest BCUT2D eigenvalue weighted by molar-refractivity contribution is -0.140. The van der Waals surface area contributed by atoms with Gasteiger partial charge in [-0.1, -0.05) is 18.2 Å². The minimum Gasteiger partial charge on any atom is -0.507 e. The number of likely N-dealkylation sites (tertiary alicyclic amines) is 1. The average molecular weight is 404 g/mol.